The molecule has 98 valence electrons. The summed E-state index contributed by atoms with van der Waals surface area (Å²) in [6.45, 7) is 0. The van der Waals surface area contributed by atoms with Crippen LogP contribution in [0.4, 0.5) is 5.69 Å². The molecule has 3 rings (SSSR count). The summed E-state index contributed by atoms with van der Waals surface area (Å²) >= 11 is 0. The van der Waals surface area contributed by atoms with Gasteiger partial charge in [-0.2, -0.15) is 0 Å². The van der Waals surface area contributed by atoms with Crippen LogP contribution in [0.3, 0.4) is 0 Å². The van der Waals surface area contributed by atoms with E-state index in [-0.39, 0.29) is 11.8 Å². The number of nitrogens with zero attached hydrogens (tertiary/aromatic N) is 2. The largest absolute Gasteiger partial charge is 0.392 e. The van der Waals surface area contributed by atoms with Crippen LogP contribution >= 0.6 is 0 Å². The summed E-state index contributed by atoms with van der Waals surface area (Å²) in [5, 5.41) is 21.8. The van der Waals surface area contributed by atoms with E-state index in [9.17, 15) is 15.2 Å². The van der Waals surface area contributed by atoms with Gasteiger partial charge in [-0.3, -0.25) is 10.1 Å². The lowest BCUT2D eigenvalue weighted by atomic mass is 9.99. The average Bonchev–Trinajstić information content (AvgIpc) is 3.23. The molecule has 1 saturated carbocycles. The lowest BCUT2D eigenvalue weighted by Crippen LogP contribution is -2.13. The number of hydrogen-bond acceptors (Lipinski definition) is 4. The molecule has 19 heavy (non-hydrogen) atoms. The molecule has 1 unspecified atom stereocenters. The maximum absolute atomic E-state index is 11.0. The highest BCUT2D eigenvalue weighted by atomic mass is 16.6. The summed E-state index contributed by atoms with van der Waals surface area (Å²) < 4.78 is 0. The molecule has 1 aromatic heterocycles. The Balaban J connectivity index is 2.05. The predicted molar refractivity (Wildman–Crippen MR) is 70.8 cm³/mol. The van der Waals surface area contributed by atoms with E-state index in [1.807, 2.05) is 6.07 Å². The lowest BCUT2D eigenvalue weighted by molar-refractivity contribution is -0.383. The van der Waals surface area contributed by atoms with Crippen LogP contribution in [-0.2, 0) is 6.42 Å². The number of aromatic nitrogens is 1. The second-order valence-corrected chi connectivity index (χ2v) is 5.01. The van der Waals surface area contributed by atoms with Gasteiger partial charge in [0.15, 0.2) is 0 Å². The lowest BCUT2D eigenvalue weighted by Gasteiger charge is -2.11. The van der Waals surface area contributed by atoms with Crippen molar-refractivity contribution >= 4 is 16.6 Å². The summed E-state index contributed by atoms with van der Waals surface area (Å²) in [4.78, 5) is 14.7. The molecule has 0 bridgehead atoms. The van der Waals surface area contributed by atoms with Gasteiger partial charge in [-0.25, -0.2) is 4.98 Å². The number of nitro benzene ring substituents is 1. The van der Waals surface area contributed by atoms with Crippen molar-refractivity contribution in [1.82, 2.24) is 4.98 Å². The quantitative estimate of drug-likeness (QED) is 0.675. The number of aliphatic hydroxyl groups is 1. The highest BCUT2D eigenvalue weighted by Crippen LogP contribution is 2.35. The molecule has 1 N–H and O–H groups in total. The van der Waals surface area contributed by atoms with Crippen LogP contribution < -0.4 is 0 Å². The van der Waals surface area contributed by atoms with Crippen LogP contribution in [0.5, 0.6) is 0 Å². The Hall–Kier alpha value is -2.01. The van der Waals surface area contributed by atoms with E-state index in [0.29, 0.717) is 17.9 Å². The first-order chi connectivity index (χ1) is 9.16. The number of non-ortho nitro benzene ring substituents is 1. The zero-order chi connectivity index (χ0) is 13.4. The fourth-order valence-electron chi connectivity index (χ4n) is 2.42. The molecule has 1 heterocycles. The first-order valence-electron chi connectivity index (χ1n) is 6.36. The van der Waals surface area contributed by atoms with E-state index in [4.69, 9.17) is 0 Å². The summed E-state index contributed by atoms with van der Waals surface area (Å²) in [5.74, 6) is 0.391. The molecule has 1 aliphatic carbocycles. The summed E-state index contributed by atoms with van der Waals surface area (Å²) in [6, 6.07) is 6.79. The van der Waals surface area contributed by atoms with Gasteiger partial charge in [0.25, 0.3) is 5.69 Å². The number of nitro groups is 1. The van der Waals surface area contributed by atoms with Gasteiger partial charge < -0.3 is 5.11 Å². The molecule has 1 aromatic carbocycles. The monoisotopic (exact) mass is 258 g/mol. The van der Waals surface area contributed by atoms with Gasteiger partial charge in [0.1, 0.15) is 5.52 Å². The summed E-state index contributed by atoms with van der Waals surface area (Å²) in [6.07, 6.45) is 3.88. The Kier molecular flexibility index (Phi) is 2.91. The molecular formula is C14H14N2O3. The molecule has 2 aromatic rings. The van der Waals surface area contributed by atoms with Crippen LogP contribution in [0.2, 0.25) is 0 Å². The van der Waals surface area contributed by atoms with Crippen molar-refractivity contribution in [2.24, 2.45) is 5.92 Å². The fourth-order valence-corrected chi connectivity index (χ4v) is 2.42. The predicted octanol–water partition coefficient (Wildman–Crippen LogP) is 2.46. The topological polar surface area (TPSA) is 76.3 Å². The van der Waals surface area contributed by atoms with Crippen LogP contribution in [-0.4, -0.2) is 21.1 Å². The third-order valence-corrected chi connectivity index (χ3v) is 3.63. The maximum atomic E-state index is 11.0. The number of fused-ring (bicyclic) bond motifs is 1. The normalized spacial score (nSPS) is 16.5. The van der Waals surface area contributed by atoms with Crippen molar-refractivity contribution in [3.05, 3.63) is 46.1 Å². The van der Waals surface area contributed by atoms with Gasteiger partial charge in [0.2, 0.25) is 0 Å². The van der Waals surface area contributed by atoms with E-state index in [2.05, 4.69) is 4.98 Å². The van der Waals surface area contributed by atoms with Gasteiger partial charge in [-0.05, 0) is 36.8 Å². The minimum Gasteiger partial charge on any atom is -0.392 e. The van der Waals surface area contributed by atoms with E-state index in [1.54, 1.807) is 18.3 Å². The van der Waals surface area contributed by atoms with Crippen LogP contribution in [0.1, 0.15) is 18.4 Å². The average molecular weight is 258 g/mol. The molecule has 5 nitrogen and oxygen atoms in total. The standard InChI is InChI=1S/C14H14N2O3/c17-13(9-3-4-9)8-10-5-6-12(16(18)19)14-11(10)2-1-7-15-14/h1-2,5-7,9,13,17H,3-4,8H2. The summed E-state index contributed by atoms with van der Waals surface area (Å²) in [5.41, 5.74) is 1.33. The zero-order valence-electron chi connectivity index (χ0n) is 10.3. The van der Waals surface area contributed by atoms with Crippen molar-refractivity contribution in [1.29, 1.82) is 0 Å². The summed E-state index contributed by atoms with van der Waals surface area (Å²) in [7, 11) is 0. The zero-order valence-corrected chi connectivity index (χ0v) is 10.3. The number of benzene rings is 1. The molecule has 5 heteroatoms. The maximum Gasteiger partial charge on any atom is 0.295 e. The Labute approximate surface area is 110 Å². The van der Waals surface area contributed by atoms with E-state index in [1.165, 1.54) is 6.07 Å². The molecule has 0 radical (unpaired) electrons. The van der Waals surface area contributed by atoms with Gasteiger partial charge in [0, 0.05) is 17.6 Å². The third kappa shape index (κ3) is 2.29. The van der Waals surface area contributed by atoms with E-state index < -0.39 is 4.92 Å². The molecular weight excluding hydrogens is 244 g/mol. The second kappa shape index (κ2) is 4.59. The highest BCUT2D eigenvalue weighted by molar-refractivity contribution is 5.89. The van der Waals surface area contributed by atoms with E-state index in [0.717, 1.165) is 23.8 Å². The minimum absolute atomic E-state index is 0.0141. The Bertz CT molecular complexity index is 638. The van der Waals surface area contributed by atoms with Crippen molar-refractivity contribution in [2.75, 3.05) is 0 Å². The Morgan fingerprint density at radius 2 is 2.21 bits per heavy atom. The van der Waals surface area contributed by atoms with Gasteiger partial charge in [0.05, 0.1) is 11.0 Å². The first kappa shape index (κ1) is 12.0. The van der Waals surface area contributed by atoms with Gasteiger partial charge >= 0.3 is 0 Å². The van der Waals surface area contributed by atoms with Crippen molar-refractivity contribution in [3.63, 3.8) is 0 Å². The second-order valence-electron chi connectivity index (χ2n) is 5.01. The highest BCUT2D eigenvalue weighted by Gasteiger charge is 2.30. The van der Waals surface area contributed by atoms with Crippen molar-refractivity contribution in [3.8, 4) is 0 Å². The Morgan fingerprint density at radius 3 is 2.89 bits per heavy atom. The smallest absolute Gasteiger partial charge is 0.295 e. The number of aliphatic hydroxyl groups excluding tert-OH is 1. The number of rotatable bonds is 4. The van der Waals surface area contributed by atoms with E-state index >= 15 is 0 Å². The van der Waals surface area contributed by atoms with Crippen molar-refractivity contribution in [2.45, 2.75) is 25.4 Å². The minimum atomic E-state index is -0.420. The third-order valence-electron chi connectivity index (χ3n) is 3.63. The SMILES string of the molecule is O=[N+]([O-])c1ccc(CC(O)C2CC2)c2cccnc12. The molecule has 1 atom stereocenters. The van der Waals surface area contributed by atoms with Crippen LogP contribution in [0.25, 0.3) is 10.9 Å². The molecule has 0 spiro atoms. The van der Waals surface area contributed by atoms with Crippen molar-refractivity contribution < 1.29 is 10.0 Å². The Morgan fingerprint density at radius 1 is 1.42 bits per heavy atom. The van der Waals surface area contributed by atoms with Crippen LogP contribution in [0, 0.1) is 16.0 Å². The molecule has 1 fully saturated rings. The number of pyridine rings is 1. The van der Waals surface area contributed by atoms with Gasteiger partial charge in [-0.15, -0.1) is 0 Å². The first-order valence-corrected chi connectivity index (χ1v) is 6.36. The fraction of sp³-hybridized carbons (Fsp3) is 0.357. The van der Waals surface area contributed by atoms with Crippen LogP contribution in [0.15, 0.2) is 30.5 Å². The molecule has 0 amide bonds. The molecule has 0 saturated heterocycles. The number of hydrogen-bond donors (Lipinski definition) is 1. The molecule has 1 aliphatic rings. The molecule has 0 aliphatic heterocycles. The van der Waals surface area contributed by atoms with Gasteiger partial charge in [-0.1, -0.05) is 12.1 Å².